The number of carbonyl (C=O) groups is 1. The maximum Gasteiger partial charge on any atom is 0.273 e. The molecule has 3 rings (SSSR count). The molecule has 4 nitrogen and oxygen atoms in total. The summed E-state index contributed by atoms with van der Waals surface area (Å²) in [6, 6.07) is 11.4. The lowest BCUT2D eigenvalue weighted by atomic mass is 9.97. The Balaban J connectivity index is 1.63. The number of allylic oxidation sites excluding steroid dienone is 1. The fraction of sp³-hybridized carbons (Fsp3) is 0.238. The van der Waals surface area contributed by atoms with Gasteiger partial charge in [0.25, 0.3) is 5.91 Å². The number of benzene rings is 1. The van der Waals surface area contributed by atoms with Gasteiger partial charge < -0.3 is 9.84 Å². The molecule has 0 aliphatic rings. The van der Waals surface area contributed by atoms with Crippen LogP contribution in [-0.4, -0.2) is 17.6 Å². The van der Waals surface area contributed by atoms with E-state index in [4.69, 9.17) is 16.1 Å². The molecule has 2 heterocycles. The summed E-state index contributed by atoms with van der Waals surface area (Å²) in [5.41, 5.74) is 3.76. The lowest BCUT2D eigenvalue weighted by Crippen LogP contribution is -2.24. The molecule has 0 atom stereocenters. The molecule has 1 N–H and O–H groups in total. The number of nitrogens with zero attached hydrogens (tertiary/aromatic N) is 1. The van der Waals surface area contributed by atoms with E-state index in [1.165, 1.54) is 11.1 Å². The Kier molecular flexibility index (Phi) is 6.48. The van der Waals surface area contributed by atoms with Gasteiger partial charge in [-0.2, -0.15) is 0 Å². The fourth-order valence-electron chi connectivity index (χ4n) is 2.85. The van der Waals surface area contributed by atoms with Gasteiger partial charge in [-0.1, -0.05) is 41.9 Å². The maximum atomic E-state index is 12.4. The second-order valence-corrected chi connectivity index (χ2v) is 7.54. The molecule has 27 heavy (non-hydrogen) atoms. The third kappa shape index (κ3) is 4.87. The molecule has 0 bridgehead atoms. The van der Waals surface area contributed by atoms with Crippen LogP contribution in [0.1, 0.15) is 41.4 Å². The van der Waals surface area contributed by atoms with Gasteiger partial charge in [0.15, 0.2) is 11.5 Å². The zero-order chi connectivity index (χ0) is 19.2. The summed E-state index contributed by atoms with van der Waals surface area (Å²) in [6.07, 6.45) is 3.81. The zero-order valence-electron chi connectivity index (χ0n) is 15.3. The van der Waals surface area contributed by atoms with Crippen LogP contribution in [0.2, 0.25) is 5.02 Å². The molecule has 1 aromatic carbocycles. The molecule has 140 valence electrons. The van der Waals surface area contributed by atoms with Gasteiger partial charge in [0.2, 0.25) is 0 Å². The standard InChI is InChI=1S/C21H21ClN2O2S/c1-3-5-15(17-12-16(22)8-7-14(17)2)9-10-23-21(25)18-13-19(26-24-18)20-6-4-11-27-20/h4-8,11-13H,3,9-10H2,1-2H3,(H,23,25). The molecule has 0 fully saturated rings. The van der Waals surface area contributed by atoms with Gasteiger partial charge in [-0.3, -0.25) is 4.79 Å². The van der Waals surface area contributed by atoms with Gasteiger partial charge in [-0.05, 0) is 60.0 Å². The van der Waals surface area contributed by atoms with Crippen molar-refractivity contribution in [2.75, 3.05) is 6.54 Å². The topological polar surface area (TPSA) is 55.1 Å². The minimum Gasteiger partial charge on any atom is -0.355 e. The number of amides is 1. The molecule has 0 aliphatic heterocycles. The van der Waals surface area contributed by atoms with Crippen molar-refractivity contribution < 1.29 is 9.32 Å². The Morgan fingerprint density at radius 3 is 2.93 bits per heavy atom. The predicted molar refractivity (Wildman–Crippen MR) is 111 cm³/mol. The first-order valence-electron chi connectivity index (χ1n) is 8.83. The van der Waals surface area contributed by atoms with Crippen molar-refractivity contribution in [3.05, 3.63) is 69.7 Å². The van der Waals surface area contributed by atoms with E-state index in [1.54, 1.807) is 17.4 Å². The van der Waals surface area contributed by atoms with E-state index in [-0.39, 0.29) is 5.91 Å². The number of carbonyl (C=O) groups excluding carboxylic acids is 1. The number of aromatic nitrogens is 1. The third-order valence-corrected chi connectivity index (χ3v) is 5.30. The van der Waals surface area contributed by atoms with Gasteiger partial charge in [-0.25, -0.2) is 0 Å². The van der Waals surface area contributed by atoms with E-state index < -0.39 is 0 Å². The number of hydrogen-bond donors (Lipinski definition) is 1. The summed E-state index contributed by atoms with van der Waals surface area (Å²) in [5.74, 6) is 0.372. The van der Waals surface area contributed by atoms with Crippen LogP contribution in [0.5, 0.6) is 0 Å². The van der Waals surface area contributed by atoms with Crippen LogP contribution in [0.3, 0.4) is 0 Å². The molecular weight excluding hydrogens is 380 g/mol. The molecule has 6 heteroatoms. The number of aryl methyl sites for hydroxylation is 1. The van der Waals surface area contributed by atoms with E-state index in [0.29, 0.717) is 23.0 Å². The highest BCUT2D eigenvalue weighted by Gasteiger charge is 2.14. The maximum absolute atomic E-state index is 12.4. The largest absolute Gasteiger partial charge is 0.355 e. The molecular formula is C21H21ClN2O2S. The highest BCUT2D eigenvalue weighted by molar-refractivity contribution is 7.13. The Morgan fingerprint density at radius 1 is 1.33 bits per heavy atom. The summed E-state index contributed by atoms with van der Waals surface area (Å²) < 4.78 is 5.27. The van der Waals surface area contributed by atoms with Crippen LogP contribution in [0.25, 0.3) is 16.2 Å². The van der Waals surface area contributed by atoms with E-state index in [0.717, 1.165) is 23.3 Å². The Bertz CT molecular complexity index is 945. The molecule has 1 amide bonds. The van der Waals surface area contributed by atoms with Gasteiger partial charge in [0.1, 0.15) is 0 Å². The molecule has 0 unspecified atom stereocenters. The van der Waals surface area contributed by atoms with Crippen molar-refractivity contribution in [1.82, 2.24) is 10.5 Å². The van der Waals surface area contributed by atoms with Crippen molar-refractivity contribution in [3.8, 4) is 10.6 Å². The Labute approximate surface area is 167 Å². The molecule has 0 aliphatic carbocycles. The number of halogens is 1. The van der Waals surface area contributed by atoms with Crippen molar-refractivity contribution in [3.63, 3.8) is 0 Å². The number of rotatable bonds is 7. The molecule has 0 saturated carbocycles. The van der Waals surface area contributed by atoms with Crippen LogP contribution in [0.4, 0.5) is 0 Å². The predicted octanol–water partition coefficient (Wildman–Crippen LogP) is 5.98. The summed E-state index contributed by atoms with van der Waals surface area (Å²) in [7, 11) is 0. The highest BCUT2D eigenvalue weighted by Crippen LogP contribution is 2.26. The normalized spacial score (nSPS) is 11.6. The third-order valence-electron chi connectivity index (χ3n) is 4.18. The van der Waals surface area contributed by atoms with E-state index in [9.17, 15) is 4.79 Å². The lowest BCUT2D eigenvalue weighted by molar-refractivity contribution is 0.0945. The smallest absolute Gasteiger partial charge is 0.273 e. The second-order valence-electron chi connectivity index (χ2n) is 6.16. The van der Waals surface area contributed by atoms with E-state index >= 15 is 0 Å². The first-order chi connectivity index (χ1) is 13.1. The summed E-state index contributed by atoms with van der Waals surface area (Å²) in [6.45, 7) is 4.67. The fourth-order valence-corrected chi connectivity index (χ4v) is 3.70. The van der Waals surface area contributed by atoms with E-state index in [1.807, 2.05) is 35.7 Å². The SMILES string of the molecule is CCC=C(CCNC(=O)c1cc(-c2cccs2)on1)c1cc(Cl)ccc1C. The summed E-state index contributed by atoms with van der Waals surface area (Å²) >= 11 is 7.70. The minimum absolute atomic E-state index is 0.236. The van der Waals surface area contributed by atoms with Crippen LogP contribution in [0, 0.1) is 6.92 Å². The first-order valence-corrected chi connectivity index (χ1v) is 10.1. The van der Waals surface area contributed by atoms with E-state index in [2.05, 4.69) is 30.4 Å². The number of thiophene rings is 1. The number of nitrogens with one attached hydrogen (secondary N) is 1. The summed E-state index contributed by atoms with van der Waals surface area (Å²) in [4.78, 5) is 13.3. The average Bonchev–Trinajstić information content (AvgIpc) is 3.34. The molecule has 3 aromatic rings. The number of hydrogen-bond acceptors (Lipinski definition) is 4. The monoisotopic (exact) mass is 400 g/mol. The minimum atomic E-state index is -0.236. The highest BCUT2D eigenvalue weighted by atomic mass is 35.5. The van der Waals surface area contributed by atoms with Gasteiger partial charge in [0.05, 0.1) is 4.88 Å². The van der Waals surface area contributed by atoms with Crippen molar-refractivity contribution >= 4 is 34.4 Å². The molecule has 0 radical (unpaired) electrons. The van der Waals surface area contributed by atoms with Crippen LogP contribution in [0.15, 0.2) is 52.4 Å². The van der Waals surface area contributed by atoms with Gasteiger partial charge >= 0.3 is 0 Å². The first kappa shape index (κ1) is 19.4. The summed E-state index contributed by atoms with van der Waals surface area (Å²) in [5, 5.41) is 9.46. The zero-order valence-corrected chi connectivity index (χ0v) is 16.9. The van der Waals surface area contributed by atoms with Crippen molar-refractivity contribution in [2.45, 2.75) is 26.7 Å². The van der Waals surface area contributed by atoms with Crippen molar-refractivity contribution in [1.29, 1.82) is 0 Å². The van der Waals surface area contributed by atoms with Gasteiger partial charge in [0, 0.05) is 17.6 Å². The molecule has 2 aromatic heterocycles. The average molecular weight is 401 g/mol. The van der Waals surface area contributed by atoms with Crippen LogP contribution >= 0.6 is 22.9 Å². The second kappa shape index (κ2) is 9.02. The van der Waals surface area contributed by atoms with Crippen LogP contribution in [-0.2, 0) is 0 Å². The Hall–Kier alpha value is -2.37. The van der Waals surface area contributed by atoms with Gasteiger partial charge in [-0.15, -0.1) is 11.3 Å². The Morgan fingerprint density at radius 2 is 2.19 bits per heavy atom. The van der Waals surface area contributed by atoms with Crippen molar-refractivity contribution in [2.24, 2.45) is 0 Å². The lowest BCUT2D eigenvalue weighted by Gasteiger charge is -2.12. The van der Waals surface area contributed by atoms with Crippen LogP contribution < -0.4 is 5.32 Å². The molecule has 0 spiro atoms. The quantitative estimate of drug-likeness (QED) is 0.530. The molecule has 0 saturated heterocycles.